The molecule has 5 rings (SSSR count). The molecule has 0 bridgehead atoms. The maximum Gasteiger partial charge on any atom is 0.304 e. The van der Waals surface area contributed by atoms with Crippen molar-refractivity contribution in [3.8, 4) is 28.4 Å². The lowest BCUT2D eigenvalue weighted by Crippen LogP contribution is -2.43. The second-order valence-corrected chi connectivity index (χ2v) is 10.4. The number of hydrogen-bond acceptors (Lipinski definition) is 7. The number of ether oxygens (including phenoxy) is 4. The van der Waals surface area contributed by atoms with Gasteiger partial charge in [0, 0.05) is 24.0 Å². The minimum absolute atomic E-state index is 0.0161. The molecule has 3 N–H and O–H groups in total. The third kappa shape index (κ3) is 6.06. The van der Waals surface area contributed by atoms with Crippen molar-refractivity contribution >= 4 is 5.97 Å². The van der Waals surface area contributed by atoms with Gasteiger partial charge in [-0.2, -0.15) is 0 Å². The predicted octanol–water partition coefficient (Wildman–Crippen LogP) is 4.53. The van der Waals surface area contributed by atoms with Crippen molar-refractivity contribution in [1.29, 1.82) is 0 Å². The monoisotopic (exact) mass is 552 g/mol. The zero-order valence-corrected chi connectivity index (χ0v) is 22.4. The second kappa shape index (κ2) is 11.8. The quantitative estimate of drug-likeness (QED) is 0.355. The number of carboxylic acids is 1. The van der Waals surface area contributed by atoms with Crippen molar-refractivity contribution in [2.45, 2.75) is 57.5 Å². The maximum atomic E-state index is 15.4. The van der Waals surface area contributed by atoms with E-state index in [9.17, 15) is 15.0 Å². The van der Waals surface area contributed by atoms with Gasteiger partial charge in [-0.1, -0.05) is 24.3 Å². The summed E-state index contributed by atoms with van der Waals surface area (Å²) in [6.07, 6.45) is -1.99. The van der Waals surface area contributed by atoms with E-state index in [1.165, 1.54) is 0 Å². The van der Waals surface area contributed by atoms with E-state index in [4.69, 9.17) is 24.1 Å². The highest BCUT2D eigenvalue weighted by Crippen LogP contribution is 2.39. The van der Waals surface area contributed by atoms with Gasteiger partial charge in [-0.05, 0) is 59.9 Å². The first-order valence-electron chi connectivity index (χ1n) is 13.3. The van der Waals surface area contributed by atoms with Crippen LogP contribution in [0.15, 0.2) is 48.5 Å². The van der Waals surface area contributed by atoms with Gasteiger partial charge in [0.1, 0.15) is 30.8 Å². The third-order valence-corrected chi connectivity index (χ3v) is 7.45. The first-order valence-corrected chi connectivity index (χ1v) is 13.3. The molecule has 0 aliphatic carbocycles. The Labute approximate surface area is 231 Å². The number of carboxylic acid groups (broad SMARTS) is 1. The molecule has 4 atom stereocenters. The number of halogens is 1. The Morgan fingerprint density at radius 2 is 1.88 bits per heavy atom. The summed E-state index contributed by atoms with van der Waals surface area (Å²) < 4.78 is 38.3. The summed E-state index contributed by atoms with van der Waals surface area (Å²) >= 11 is 0. The zero-order chi connectivity index (χ0) is 28.4. The van der Waals surface area contributed by atoms with E-state index in [2.05, 4.69) is 0 Å². The molecule has 212 valence electrons. The van der Waals surface area contributed by atoms with Gasteiger partial charge < -0.3 is 34.3 Å². The number of aliphatic carboxylic acids is 1. The number of aliphatic hydroxyl groups is 2. The van der Waals surface area contributed by atoms with Crippen LogP contribution in [0.2, 0.25) is 0 Å². The largest absolute Gasteiger partial charge is 0.492 e. The van der Waals surface area contributed by atoms with Crippen molar-refractivity contribution < 1.29 is 43.5 Å². The highest BCUT2D eigenvalue weighted by atomic mass is 19.1. The fourth-order valence-corrected chi connectivity index (χ4v) is 5.32. The average molecular weight is 553 g/mol. The zero-order valence-electron chi connectivity index (χ0n) is 22.4. The molecule has 40 heavy (non-hydrogen) atoms. The summed E-state index contributed by atoms with van der Waals surface area (Å²) in [5.41, 5.74) is 4.70. The number of hydrogen-bond donors (Lipinski definition) is 3. The Balaban J connectivity index is 1.26. The van der Waals surface area contributed by atoms with Crippen molar-refractivity contribution in [3.63, 3.8) is 0 Å². The maximum absolute atomic E-state index is 15.4. The van der Waals surface area contributed by atoms with Crippen molar-refractivity contribution in [1.82, 2.24) is 0 Å². The van der Waals surface area contributed by atoms with Gasteiger partial charge in [-0.3, -0.25) is 4.79 Å². The molecular weight excluding hydrogens is 519 g/mol. The van der Waals surface area contributed by atoms with Gasteiger partial charge in [0.05, 0.1) is 31.8 Å². The van der Waals surface area contributed by atoms with Crippen LogP contribution >= 0.6 is 0 Å². The molecule has 2 heterocycles. The van der Waals surface area contributed by atoms with Crippen LogP contribution in [0.3, 0.4) is 0 Å². The summed E-state index contributed by atoms with van der Waals surface area (Å²) in [5, 5.41) is 28.6. The van der Waals surface area contributed by atoms with Crippen LogP contribution < -0.4 is 14.2 Å². The fourth-order valence-electron chi connectivity index (χ4n) is 5.32. The van der Waals surface area contributed by atoms with Crippen LogP contribution in [0, 0.1) is 19.7 Å². The SMILES string of the molecule is Cc1cc(OC[C@@H]2C[C@H](O)[C@H](O)CO2)c(F)c(C)c1-c1cccc(COc2ccc3c(c2)OCC3CC(=O)O)c1. The van der Waals surface area contributed by atoms with E-state index < -0.39 is 30.1 Å². The molecule has 0 saturated carbocycles. The van der Waals surface area contributed by atoms with E-state index in [1.807, 2.05) is 43.3 Å². The number of rotatable bonds is 9. The lowest BCUT2D eigenvalue weighted by Gasteiger charge is -2.30. The smallest absolute Gasteiger partial charge is 0.304 e. The standard InChI is InChI=1S/C31H33FO8/c1-17-8-28(40-15-23-11-25(33)26(34)16-38-23)31(32)18(2)30(17)20-5-3-4-19(9-20)13-37-22-6-7-24-21(10-29(35)36)14-39-27(24)12-22/h3-9,12,21,23,25-26,33-34H,10-11,13-16H2,1-2H3,(H,35,36)/t21?,23-,25-,26+/m0/s1. The molecular formula is C31H33FO8. The van der Waals surface area contributed by atoms with Gasteiger partial charge in [-0.25, -0.2) is 4.39 Å². The fraction of sp³-hybridized carbons (Fsp3) is 0.387. The van der Waals surface area contributed by atoms with Crippen molar-refractivity contribution in [2.24, 2.45) is 0 Å². The van der Waals surface area contributed by atoms with E-state index >= 15 is 4.39 Å². The highest BCUT2D eigenvalue weighted by molar-refractivity contribution is 5.73. The normalized spacial score (nSPS) is 21.9. The van der Waals surface area contributed by atoms with Crippen LogP contribution in [0.4, 0.5) is 4.39 Å². The van der Waals surface area contributed by atoms with E-state index in [0.717, 1.165) is 27.8 Å². The van der Waals surface area contributed by atoms with Crippen molar-refractivity contribution in [2.75, 3.05) is 19.8 Å². The first-order chi connectivity index (χ1) is 19.2. The summed E-state index contributed by atoms with van der Waals surface area (Å²) in [5.74, 6) is -0.103. The second-order valence-electron chi connectivity index (χ2n) is 10.4. The van der Waals surface area contributed by atoms with Gasteiger partial charge >= 0.3 is 5.97 Å². The topological polar surface area (TPSA) is 115 Å². The lowest BCUT2D eigenvalue weighted by atomic mass is 9.94. The minimum Gasteiger partial charge on any atom is -0.492 e. The molecule has 2 aliphatic heterocycles. The molecule has 0 spiro atoms. The molecule has 2 aliphatic rings. The number of benzene rings is 3. The first kappa shape index (κ1) is 27.9. The molecule has 0 aromatic heterocycles. The van der Waals surface area contributed by atoms with Gasteiger partial charge in [-0.15, -0.1) is 0 Å². The minimum atomic E-state index is -0.918. The molecule has 3 aromatic rings. The van der Waals surface area contributed by atoms with Gasteiger partial charge in [0.2, 0.25) is 0 Å². The molecule has 1 unspecified atom stereocenters. The molecule has 8 nitrogen and oxygen atoms in total. The predicted molar refractivity (Wildman–Crippen MR) is 144 cm³/mol. The van der Waals surface area contributed by atoms with E-state index in [0.29, 0.717) is 23.7 Å². The molecule has 3 aromatic carbocycles. The van der Waals surface area contributed by atoms with Crippen LogP contribution in [0.25, 0.3) is 11.1 Å². The highest BCUT2D eigenvalue weighted by Gasteiger charge is 2.29. The Morgan fingerprint density at radius 1 is 1.05 bits per heavy atom. The third-order valence-electron chi connectivity index (χ3n) is 7.45. The molecule has 0 amide bonds. The van der Waals surface area contributed by atoms with Crippen molar-refractivity contribution in [3.05, 3.63) is 76.6 Å². The van der Waals surface area contributed by atoms with Crippen LogP contribution in [-0.4, -0.2) is 59.4 Å². The summed E-state index contributed by atoms with van der Waals surface area (Å²) in [6, 6.07) is 14.8. The lowest BCUT2D eigenvalue weighted by molar-refractivity contribution is -0.137. The molecule has 1 saturated heterocycles. The van der Waals surface area contributed by atoms with Crippen LogP contribution in [-0.2, 0) is 16.1 Å². The van der Waals surface area contributed by atoms with E-state index in [-0.39, 0.29) is 44.3 Å². The Bertz CT molecular complexity index is 1390. The van der Waals surface area contributed by atoms with Crippen LogP contribution in [0.1, 0.15) is 41.0 Å². The Morgan fingerprint density at radius 3 is 2.65 bits per heavy atom. The summed E-state index contributed by atoms with van der Waals surface area (Å²) in [6.45, 7) is 4.33. The average Bonchev–Trinajstić information content (AvgIpc) is 3.32. The number of fused-ring (bicyclic) bond motifs is 1. The Hall–Kier alpha value is -3.66. The van der Waals surface area contributed by atoms with E-state index in [1.54, 1.807) is 19.1 Å². The summed E-state index contributed by atoms with van der Waals surface area (Å²) in [4.78, 5) is 11.1. The molecule has 1 fully saturated rings. The number of aryl methyl sites for hydroxylation is 1. The Kier molecular flexibility index (Phi) is 8.25. The van der Waals surface area contributed by atoms with Crippen LogP contribution in [0.5, 0.6) is 17.2 Å². The number of carbonyl (C=O) groups is 1. The molecule has 0 radical (unpaired) electrons. The number of aliphatic hydroxyl groups excluding tert-OH is 2. The summed E-state index contributed by atoms with van der Waals surface area (Å²) in [7, 11) is 0. The van der Waals surface area contributed by atoms with Gasteiger partial charge in [0.15, 0.2) is 11.6 Å². The molecule has 9 heteroatoms. The van der Waals surface area contributed by atoms with Gasteiger partial charge in [0.25, 0.3) is 0 Å².